The fourth-order valence-corrected chi connectivity index (χ4v) is 3.88. The van der Waals surface area contributed by atoms with Crippen LogP contribution >= 0.6 is 0 Å². The average Bonchev–Trinajstić information content (AvgIpc) is 2.71. The van der Waals surface area contributed by atoms with Crippen LogP contribution in [0, 0.1) is 0 Å². The van der Waals surface area contributed by atoms with Crippen LogP contribution in [0.4, 0.5) is 0 Å². The zero-order valence-corrected chi connectivity index (χ0v) is 15.1. The van der Waals surface area contributed by atoms with Gasteiger partial charge in [-0.25, -0.2) is 0 Å². The van der Waals surface area contributed by atoms with Gasteiger partial charge in [-0.3, -0.25) is 0 Å². The first-order valence-corrected chi connectivity index (χ1v) is 8.99. The van der Waals surface area contributed by atoms with E-state index in [-0.39, 0.29) is 6.04 Å². The first kappa shape index (κ1) is 18.3. The lowest BCUT2D eigenvalue weighted by Gasteiger charge is -2.42. The van der Waals surface area contributed by atoms with Crippen LogP contribution in [0.3, 0.4) is 0 Å². The van der Waals surface area contributed by atoms with E-state index in [4.69, 9.17) is 10.6 Å². The minimum absolute atomic E-state index is 0.0234. The molecule has 0 fully saturated rings. The molecule has 0 bridgehead atoms. The van der Waals surface area contributed by atoms with E-state index in [1.807, 2.05) is 18.2 Å². The molecule has 3 aromatic carbocycles. The van der Waals surface area contributed by atoms with Crippen LogP contribution in [0.15, 0.2) is 91.0 Å². The number of hydrogen-bond acceptors (Lipinski definition) is 3. The molecule has 1 atom stereocenters. The van der Waals surface area contributed by atoms with Gasteiger partial charge >= 0.3 is 0 Å². The van der Waals surface area contributed by atoms with Crippen molar-refractivity contribution in [3.63, 3.8) is 0 Å². The molecule has 0 saturated heterocycles. The molecule has 0 aliphatic carbocycles. The molecule has 0 spiro atoms. The smallest absolute Gasteiger partial charge is 0.0627 e. The number of benzene rings is 3. The normalized spacial score (nSPS) is 12.7. The van der Waals surface area contributed by atoms with Gasteiger partial charge in [0.05, 0.1) is 18.6 Å². The molecule has 0 radical (unpaired) electrons. The van der Waals surface area contributed by atoms with Crippen molar-refractivity contribution in [1.82, 2.24) is 5.48 Å². The van der Waals surface area contributed by atoms with Crippen molar-refractivity contribution >= 4 is 0 Å². The second-order valence-corrected chi connectivity index (χ2v) is 6.36. The molecule has 3 nitrogen and oxygen atoms in total. The van der Waals surface area contributed by atoms with Gasteiger partial charge in [-0.1, -0.05) is 91.0 Å². The van der Waals surface area contributed by atoms with E-state index < -0.39 is 5.41 Å². The molecule has 0 amide bonds. The summed E-state index contributed by atoms with van der Waals surface area (Å²) in [4.78, 5) is 5.42. The van der Waals surface area contributed by atoms with Gasteiger partial charge in [0.25, 0.3) is 0 Å². The highest BCUT2D eigenvalue weighted by Gasteiger charge is 2.43. The quantitative estimate of drug-likeness (QED) is 0.480. The summed E-state index contributed by atoms with van der Waals surface area (Å²) in [6.45, 7) is 0.565. The minimum Gasteiger partial charge on any atom is -0.330 e. The van der Waals surface area contributed by atoms with Crippen molar-refractivity contribution in [3.05, 3.63) is 108 Å². The first-order valence-electron chi connectivity index (χ1n) is 8.99. The molecule has 26 heavy (non-hydrogen) atoms. The van der Waals surface area contributed by atoms with Crippen molar-refractivity contribution < 1.29 is 4.84 Å². The highest BCUT2D eigenvalue weighted by Crippen LogP contribution is 2.43. The Hall–Kier alpha value is -2.46. The topological polar surface area (TPSA) is 47.3 Å². The van der Waals surface area contributed by atoms with Crippen molar-refractivity contribution in [2.45, 2.75) is 17.9 Å². The Bertz CT molecular complexity index is 672. The average molecular weight is 346 g/mol. The minimum atomic E-state index is -0.418. The summed E-state index contributed by atoms with van der Waals surface area (Å²) >= 11 is 0. The first-order chi connectivity index (χ1) is 12.8. The van der Waals surface area contributed by atoms with E-state index in [2.05, 4.69) is 78.3 Å². The molecule has 3 N–H and O–H groups in total. The Balaban J connectivity index is 2.34. The summed E-state index contributed by atoms with van der Waals surface area (Å²) in [6, 6.07) is 31.7. The molecule has 0 heterocycles. The van der Waals surface area contributed by atoms with Gasteiger partial charge in [0.15, 0.2) is 0 Å². The maximum Gasteiger partial charge on any atom is 0.0627 e. The lowest BCUT2D eigenvalue weighted by atomic mass is 9.64. The molecule has 0 saturated carbocycles. The SMILES string of the molecule is CONC(CCN)C(c1ccccc1)(c1ccccc1)c1ccccc1. The molecule has 0 aliphatic heterocycles. The highest BCUT2D eigenvalue weighted by molar-refractivity contribution is 5.52. The lowest BCUT2D eigenvalue weighted by molar-refractivity contribution is 0.0429. The number of nitrogens with two attached hydrogens (primary N) is 1. The van der Waals surface area contributed by atoms with Gasteiger partial charge in [-0.05, 0) is 29.7 Å². The Labute approximate surface area is 155 Å². The van der Waals surface area contributed by atoms with Crippen LogP contribution in [-0.2, 0) is 10.3 Å². The van der Waals surface area contributed by atoms with Gasteiger partial charge < -0.3 is 10.6 Å². The predicted molar refractivity (Wildman–Crippen MR) is 107 cm³/mol. The summed E-state index contributed by atoms with van der Waals surface area (Å²) < 4.78 is 0. The summed E-state index contributed by atoms with van der Waals surface area (Å²) in [5, 5.41) is 0. The summed E-state index contributed by atoms with van der Waals surface area (Å²) in [7, 11) is 1.66. The van der Waals surface area contributed by atoms with E-state index in [0.717, 1.165) is 6.42 Å². The van der Waals surface area contributed by atoms with Crippen molar-refractivity contribution in [3.8, 4) is 0 Å². The van der Waals surface area contributed by atoms with Crippen LogP contribution in [0.25, 0.3) is 0 Å². The van der Waals surface area contributed by atoms with E-state index in [9.17, 15) is 0 Å². The molecule has 3 rings (SSSR count). The standard InChI is InChI=1S/C23H26N2O/c1-26-25-22(17-18-24)23(19-11-5-2-6-12-19,20-13-7-3-8-14-20)21-15-9-4-10-16-21/h2-16,22,25H,17-18,24H2,1H3. The molecular weight excluding hydrogens is 320 g/mol. The molecule has 1 unspecified atom stereocenters. The van der Waals surface area contributed by atoms with Gasteiger partial charge in [0.2, 0.25) is 0 Å². The van der Waals surface area contributed by atoms with E-state index in [0.29, 0.717) is 6.54 Å². The third kappa shape index (κ3) is 3.42. The van der Waals surface area contributed by atoms with Crippen LogP contribution in [-0.4, -0.2) is 19.7 Å². The molecule has 3 aromatic rings. The van der Waals surface area contributed by atoms with Gasteiger partial charge in [-0.15, -0.1) is 0 Å². The number of rotatable bonds is 8. The van der Waals surface area contributed by atoms with Crippen LogP contribution in [0.2, 0.25) is 0 Å². The third-order valence-electron chi connectivity index (χ3n) is 4.93. The monoisotopic (exact) mass is 346 g/mol. The third-order valence-corrected chi connectivity index (χ3v) is 4.93. The highest BCUT2D eigenvalue weighted by atomic mass is 16.6. The largest absolute Gasteiger partial charge is 0.330 e. The molecular formula is C23H26N2O. The summed E-state index contributed by atoms with van der Waals surface area (Å²) in [5.41, 5.74) is 12.4. The zero-order chi connectivity index (χ0) is 18.2. The summed E-state index contributed by atoms with van der Waals surface area (Å²) in [6.07, 6.45) is 0.770. The molecule has 3 heteroatoms. The molecule has 0 aliphatic rings. The van der Waals surface area contributed by atoms with Gasteiger partial charge in [-0.2, -0.15) is 5.48 Å². The zero-order valence-electron chi connectivity index (χ0n) is 15.1. The second kappa shape index (κ2) is 8.77. The van der Waals surface area contributed by atoms with E-state index in [1.54, 1.807) is 7.11 Å². The van der Waals surface area contributed by atoms with E-state index >= 15 is 0 Å². The van der Waals surface area contributed by atoms with Crippen molar-refractivity contribution in [2.75, 3.05) is 13.7 Å². The fraction of sp³-hybridized carbons (Fsp3) is 0.217. The van der Waals surface area contributed by atoms with Crippen LogP contribution in [0.5, 0.6) is 0 Å². The Morgan fingerprint density at radius 3 is 1.46 bits per heavy atom. The van der Waals surface area contributed by atoms with Crippen LogP contribution < -0.4 is 11.2 Å². The van der Waals surface area contributed by atoms with E-state index in [1.165, 1.54) is 16.7 Å². The van der Waals surface area contributed by atoms with Crippen molar-refractivity contribution in [1.29, 1.82) is 0 Å². The summed E-state index contributed by atoms with van der Waals surface area (Å²) in [5.74, 6) is 0. The molecule has 0 aromatic heterocycles. The second-order valence-electron chi connectivity index (χ2n) is 6.36. The van der Waals surface area contributed by atoms with Gasteiger partial charge in [0.1, 0.15) is 0 Å². The number of nitrogens with one attached hydrogen (secondary N) is 1. The maximum absolute atomic E-state index is 6.00. The van der Waals surface area contributed by atoms with Crippen LogP contribution in [0.1, 0.15) is 23.1 Å². The Morgan fingerprint density at radius 1 is 0.769 bits per heavy atom. The Kier molecular flexibility index (Phi) is 6.18. The predicted octanol–water partition coefficient (Wildman–Crippen LogP) is 3.89. The fourth-order valence-electron chi connectivity index (χ4n) is 3.88. The molecule has 134 valence electrons. The lowest BCUT2D eigenvalue weighted by Crippen LogP contribution is -2.50. The number of hydrogen-bond donors (Lipinski definition) is 2. The Morgan fingerprint density at radius 2 is 1.15 bits per heavy atom. The maximum atomic E-state index is 6.00. The van der Waals surface area contributed by atoms with Gasteiger partial charge in [0, 0.05) is 0 Å². The number of hydroxylamine groups is 1. The van der Waals surface area contributed by atoms with Crippen molar-refractivity contribution in [2.24, 2.45) is 5.73 Å².